The van der Waals surface area contributed by atoms with Crippen molar-refractivity contribution in [2.75, 3.05) is 6.61 Å². The first-order valence-electron chi connectivity index (χ1n) is 10.7. The Bertz CT molecular complexity index is 658. The van der Waals surface area contributed by atoms with Crippen molar-refractivity contribution in [1.82, 2.24) is 0 Å². The highest BCUT2D eigenvalue weighted by molar-refractivity contribution is 5.69. The minimum absolute atomic E-state index is 0.362. The monoisotopic (exact) mass is 526 g/mol. The van der Waals surface area contributed by atoms with E-state index in [-0.39, 0.29) is 5.92 Å². The number of unbranched alkanes of at least 4 members (excludes halogenated alkanes) is 2. The number of halogens is 12. The predicted molar refractivity (Wildman–Crippen MR) is 95.9 cm³/mol. The fraction of sp³-hybridized carbons (Fsp3) is 0.950. The van der Waals surface area contributed by atoms with Crippen LogP contribution < -0.4 is 0 Å². The summed E-state index contributed by atoms with van der Waals surface area (Å²) in [6, 6.07) is 0. The summed E-state index contributed by atoms with van der Waals surface area (Å²) in [6.07, 6.45) is 0.400. The van der Waals surface area contributed by atoms with Gasteiger partial charge in [-0.15, -0.1) is 0 Å². The average molecular weight is 526 g/mol. The highest BCUT2D eigenvalue weighted by atomic mass is 19.4. The molecule has 0 bridgehead atoms. The average Bonchev–Trinajstić information content (AvgIpc) is 2.73. The zero-order chi connectivity index (χ0) is 26.6. The summed E-state index contributed by atoms with van der Waals surface area (Å²) in [5.74, 6) is -37.2. The number of hydrogen-bond donors (Lipinski definition) is 0. The van der Waals surface area contributed by atoms with E-state index in [2.05, 4.69) is 4.74 Å². The molecule has 1 aliphatic rings. The molecule has 0 amide bonds. The molecule has 0 aromatic heterocycles. The van der Waals surface area contributed by atoms with E-state index in [1.807, 2.05) is 6.92 Å². The van der Waals surface area contributed by atoms with Crippen molar-refractivity contribution in [3.05, 3.63) is 0 Å². The summed E-state index contributed by atoms with van der Waals surface area (Å²) in [4.78, 5) is 11.7. The predicted octanol–water partition coefficient (Wildman–Crippen LogP) is 7.75. The molecule has 14 heteroatoms. The van der Waals surface area contributed by atoms with Crippen LogP contribution in [-0.2, 0) is 9.53 Å². The van der Waals surface area contributed by atoms with Crippen LogP contribution >= 0.6 is 0 Å². The van der Waals surface area contributed by atoms with Gasteiger partial charge in [0.15, 0.2) is 6.61 Å². The van der Waals surface area contributed by atoms with E-state index in [1.165, 1.54) is 0 Å². The minimum atomic E-state index is -7.62. The zero-order valence-corrected chi connectivity index (χ0v) is 18.2. The molecule has 0 spiro atoms. The molecule has 0 aromatic carbocycles. The van der Waals surface area contributed by atoms with Gasteiger partial charge < -0.3 is 4.74 Å². The van der Waals surface area contributed by atoms with Gasteiger partial charge >= 0.3 is 42.0 Å². The van der Waals surface area contributed by atoms with Gasteiger partial charge in [-0.2, -0.15) is 43.9 Å². The summed E-state index contributed by atoms with van der Waals surface area (Å²) in [5, 5.41) is 0. The Kier molecular flexibility index (Phi) is 10.0. The Labute approximate surface area is 188 Å². The molecule has 0 saturated heterocycles. The van der Waals surface area contributed by atoms with E-state index >= 15 is 0 Å². The zero-order valence-electron chi connectivity index (χ0n) is 18.2. The van der Waals surface area contributed by atoms with Gasteiger partial charge in [-0.05, 0) is 24.7 Å². The maximum atomic E-state index is 13.7. The van der Waals surface area contributed by atoms with E-state index in [0.29, 0.717) is 18.8 Å². The lowest BCUT2D eigenvalue weighted by Crippen LogP contribution is -2.69. The topological polar surface area (TPSA) is 26.3 Å². The maximum Gasteiger partial charge on any atom is 0.384 e. The molecule has 1 rings (SSSR count). The molecule has 1 saturated carbocycles. The lowest BCUT2D eigenvalue weighted by Gasteiger charge is -2.38. The number of hydrogen-bond acceptors (Lipinski definition) is 2. The molecular weight excluding hydrogens is 500 g/mol. The third-order valence-corrected chi connectivity index (χ3v) is 5.99. The number of carbonyl (C=O) groups excluding carboxylic acids is 1. The van der Waals surface area contributed by atoms with Gasteiger partial charge in [-0.25, -0.2) is 8.78 Å². The Morgan fingerprint density at radius 2 is 1.29 bits per heavy atom. The summed E-state index contributed by atoms with van der Waals surface area (Å²) in [6.45, 7) is -0.801. The molecule has 1 fully saturated rings. The first kappa shape index (κ1) is 30.7. The van der Waals surface area contributed by atoms with Crippen LogP contribution in [0, 0.1) is 11.8 Å². The lowest BCUT2D eigenvalue weighted by atomic mass is 9.78. The molecule has 202 valence electrons. The van der Waals surface area contributed by atoms with Crippen LogP contribution in [0.15, 0.2) is 0 Å². The normalized spacial score (nSPS) is 21.1. The Hall–Kier alpha value is -1.37. The number of rotatable bonds is 13. The fourth-order valence-corrected chi connectivity index (χ4v) is 3.74. The van der Waals surface area contributed by atoms with Crippen molar-refractivity contribution < 1.29 is 62.2 Å². The van der Waals surface area contributed by atoms with Gasteiger partial charge in [-0.3, -0.25) is 4.79 Å². The quantitative estimate of drug-likeness (QED) is 0.139. The van der Waals surface area contributed by atoms with Crippen LogP contribution in [0.3, 0.4) is 0 Å². The van der Waals surface area contributed by atoms with E-state index < -0.39 is 55.0 Å². The van der Waals surface area contributed by atoms with Crippen molar-refractivity contribution >= 4 is 5.97 Å². The smallest absolute Gasteiger partial charge is 0.384 e. The van der Waals surface area contributed by atoms with Crippen LogP contribution in [0.25, 0.3) is 0 Å². The van der Waals surface area contributed by atoms with Crippen LogP contribution in [0.1, 0.15) is 64.7 Å². The van der Waals surface area contributed by atoms with Gasteiger partial charge in [0, 0.05) is 6.42 Å². The second-order valence-corrected chi connectivity index (χ2v) is 8.60. The lowest BCUT2D eigenvalue weighted by molar-refractivity contribution is -0.414. The summed E-state index contributed by atoms with van der Waals surface area (Å²) in [7, 11) is 0. The summed E-state index contributed by atoms with van der Waals surface area (Å²) >= 11 is 0. The number of ether oxygens (including phenoxy) is 1. The third kappa shape index (κ3) is 6.24. The summed E-state index contributed by atoms with van der Waals surface area (Å²) in [5.41, 5.74) is 0. The van der Waals surface area contributed by atoms with E-state index in [1.54, 1.807) is 0 Å². The molecular formula is C20H26F12O2. The standard InChI is InChI=1S/C20H26F12O2/c1-2-3-4-5-12-6-8-13(9-7-12)10-14(33)34-11-16(23,24)18(27,28)20(31,32)19(29,30)17(25,26)15(21)22/h12-13,15H,2-11H2,1H3/t12-,13-. The van der Waals surface area contributed by atoms with Crippen LogP contribution in [-0.4, -0.2) is 48.6 Å². The Balaban J connectivity index is 2.74. The largest absolute Gasteiger partial charge is 0.459 e. The van der Waals surface area contributed by atoms with Gasteiger partial charge in [-0.1, -0.05) is 45.4 Å². The highest BCUT2D eigenvalue weighted by Crippen LogP contribution is 2.58. The third-order valence-electron chi connectivity index (χ3n) is 5.99. The molecule has 0 aliphatic heterocycles. The Morgan fingerprint density at radius 3 is 1.76 bits per heavy atom. The van der Waals surface area contributed by atoms with E-state index in [0.717, 1.165) is 38.5 Å². The van der Waals surface area contributed by atoms with Crippen LogP contribution in [0.4, 0.5) is 52.7 Å². The van der Waals surface area contributed by atoms with Gasteiger partial charge in [0.05, 0.1) is 0 Å². The van der Waals surface area contributed by atoms with Crippen molar-refractivity contribution in [3.8, 4) is 0 Å². The molecule has 1 aliphatic carbocycles. The summed E-state index contributed by atoms with van der Waals surface area (Å²) < 4.78 is 161. The molecule has 2 nitrogen and oxygen atoms in total. The molecule has 0 unspecified atom stereocenters. The first-order valence-corrected chi connectivity index (χ1v) is 10.7. The van der Waals surface area contributed by atoms with Crippen LogP contribution in [0.5, 0.6) is 0 Å². The second kappa shape index (κ2) is 11.1. The van der Waals surface area contributed by atoms with Gasteiger partial charge in [0.25, 0.3) is 0 Å². The molecule has 0 N–H and O–H groups in total. The van der Waals surface area contributed by atoms with Gasteiger partial charge in [0.2, 0.25) is 0 Å². The highest BCUT2D eigenvalue weighted by Gasteiger charge is 2.87. The van der Waals surface area contributed by atoms with Crippen molar-refractivity contribution in [2.24, 2.45) is 11.8 Å². The molecule has 0 atom stereocenters. The fourth-order valence-electron chi connectivity index (χ4n) is 3.74. The Morgan fingerprint density at radius 1 is 0.794 bits per heavy atom. The number of carbonyl (C=O) groups is 1. The van der Waals surface area contributed by atoms with Crippen molar-refractivity contribution in [3.63, 3.8) is 0 Å². The molecule has 34 heavy (non-hydrogen) atoms. The van der Waals surface area contributed by atoms with Crippen molar-refractivity contribution in [1.29, 1.82) is 0 Å². The maximum absolute atomic E-state index is 13.7. The molecule has 0 aromatic rings. The SMILES string of the molecule is CCCCC[C@H]1CC[C@H](CC(=O)OCC(F)(F)C(F)(F)C(F)(F)C(F)(F)C(F)(F)C(F)F)CC1. The van der Waals surface area contributed by atoms with Crippen LogP contribution in [0.2, 0.25) is 0 Å². The van der Waals surface area contributed by atoms with E-state index in [4.69, 9.17) is 0 Å². The van der Waals surface area contributed by atoms with E-state index in [9.17, 15) is 57.5 Å². The first-order chi connectivity index (χ1) is 15.3. The number of alkyl halides is 12. The molecule has 0 heterocycles. The molecule has 0 radical (unpaired) electrons. The minimum Gasteiger partial charge on any atom is -0.459 e. The second-order valence-electron chi connectivity index (χ2n) is 8.60. The van der Waals surface area contributed by atoms with Gasteiger partial charge in [0.1, 0.15) is 0 Å². The van der Waals surface area contributed by atoms with Crippen molar-refractivity contribution in [2.45, 2.75) is 101 Å². The number of esters is 1.